The van der Waals surface area contributed by atoms with E-state index in [2.05, 4.69) is 9.84 Å². The normalized spacial score (nSPS) is 10.4. The van der Waals surface area contributed by atoms with E-state index in [4.69, 9.17) is 0 Å². The Kier molecular flexibility index (Phi) is 3.00. The van der Waals surface area contributed by atoms with Crippen molar-refractivity contribution >= 4 is 17.3 Å². The van der Waals surface area contributed by atoms with Crippen LogP contribution in [0.3, 0.4) is 0 Å². The van der Waals surface area contributed by atoms with Gasteiger partial charge in [-0.05, 0) is 18.2 Å². The number of carbonyl (C=O) groups excluding carboxylic acids is 1. The minimum atomic E-state index is -0.476. The SMILES string of the molecule is COC(=O)c1ccn(Cc2ccc(F)s2)n1. The second kappa shape index (κ2) is 4.44. The minimum absolute atomic E-state index is 0.227. The zero-order valence-corrected chi connectivity index (χ0v) is 9.33. The predicted molar refractivity (Wildman–Crippen MR) is 56.9 cm³/mol. The van der Waals surface area contributed by atoms with E-state index >= 15 is 0 Å². The number of nitrogens with zero attached hydrogens (tertiary/aromatic N) is 2. The summed E-state index contributed by atoms with van der Waals surface area (Å²) in [4.78, 5) is 12.0. The highest BCUT2D eigenvalue weighted by Gasteiger charge is 2.09. The molecule has 0 fully saturated rings. The van der Waals surface area contributed by atoms with Gasteiger partial charge in [0.2, 0.25) is 0 Å². The Bertz CT molecular complexity index is 506. The van der Waals surface area contributed by atoms with Crippen molar-refractivity contribution < 1.29 is 13.9 Å². The third-order valence-electron chi connectivity index (χ3n) is 1.98. The fourth-order valence-corrected chi connectivity index (χ4v) is 1.98. The molecule has 0 aromatic carbocycles. The Balaban J connectivity index is 2.11. The molecule has 2 rings (SSSR count). The monoisotopic (exact) mass is 240 g/mol. The summed E-state index contributed by atoms with van der Waals surface area (Å²) in [5, 5.41) is 3.79. The van der Waals surface area contributed by atoms with Gasteiger partial charge in [-0.25, -0.2) is 4.79 Å². The number of hydrogen-bond donors (Lipinski definition) is 0. The van der Waals surface area contributed by atoms with Gasteiger partial charge in [0, 0.05) is 11.1 Å². The predicted octanol–water partition coefficient (Wildman–Crippen LogP) is 1.92. The first kappa shape index (κ1) is 10.8. The van der Waals surface area contributed by atoms with Crippen molar-refractivity contribution in [1.82, 2.24) is 9.78 Å². The maximum absolute atomic E-state index is 12.7. The van der Waals surface area contributed by atoms with Gasteiger partial charge in [0.15, 0.2) is 10.8 Å². The lowest BCUT2D eigenvalue weighted by atomic mass is 10.4. The molecule has 0 spiro atoms. The molecular weight excluding hydrogens is 231 g/mol. The van der Waals surface area contributed by atoms with E-state index in [0.717, 1.165) is 16.2 Å². The van der Waals surface area contributed by atoms with Gasteiger partial charge in [0.05, 0.1) is 13.7 Å². The highest BCUT2D eigenvalue weighted by Crippen LogP contribution is 2.15. The van der Waals surface area contributed by atoms with Crippen LogP contribution in [-0.4, -0.2) is 22.9 Å². The van der Waals surface area contributed by atoms with Gasteiger partial charge < -0.3 is 4.74 Å². The maximum Gasteiger partial charge on any atom is 0.358 e. The minimum Gasteiger partial charge on any atom is -0.464 e. The molecule has 2 aromatic heterocycles. The quantitative estimate of drug-likeness (QED) is 0.770. The van der Waals surface area contributed by atoms with E-state index in [1.165, 1.54) is 13.2 Å². The fourth-order valence-electron chi connectivity index (χ4n) is 1.26. The van der Waals surface area contributed by atoms with Crippen LogP contribution in [0.1, 0.15) is 15.4 Å². The van der Waals surface area contributed by atoms with Gasteiger partial charge in [-0.15, -0.1) is 11.3 Å². The molecular formula is C10H9FN2O2S. The maximum atomic E-state index is 12.7. The van der Waals surface area contributed by atoms with Crippen LogP contribution in [-0.2, 0) is 11.3 Å². The zero-order valence-electron chi connectivity index (χ0n) is 8.51. The van der Waals surface area contributed by atoms with E-state index in [9.17, 15) is 9.18 Å². The Hall–Kier alpha value is -1.69. The number of aromatic nitrogens is 2. The van der Waals surface area contributed by atoms with Crippen LogP contribution >= 0.6 is 11.3 Å². The molecule has 0 aliphatic carbocycles. The first-order valence-corrected chi connectivity index (χ1v) is 5.36. The molecule has 4 nitrogen and oxygen atoms in total. The molecule has 0 aliphatic heterocycles. The van der Waals surface area contributed by atoms with E-state index < -0.39 is 5.97 Å². The number of thiophene rings is 1. The van der Waals surface area contributed by atoms with Gasteiger partial charge in [-0.2, -0.15) is 9.49 Å². The lowest BCUT2D eigenvalue weighted by Gasteiger charge is -1.97. The molecule has 2 aromatic rings. The van der Waals surface area contributed by atoms with Crippen LogP contribution in [0, 0.1) is 5.13 Å². The average Bonchev–Trinajstić information content (AvgIpc) is 2.87. The van der Waals surface area contributed by atoms with Crippen LogP contribution in [0.2, 0.25) is 0 Å². The standard InChI is InChI=1S/C10H9FN2O2S/c1-15-10(14)8-4-5-13(12-8)6-7-2-3-9(11)16-7/h2-5H,6H2,1H3. The molecule has 0 radical (unpaired) electrons. The smallest absolute Gasteiger partial charge is 0.358 e. The second-order valence-corrected chi connectivity index (χ2v) is 4.21. The zero-order chi connectivity index (χ0) is 11.5. The first-order valence-electron chi connectivity index (χ1n) is 4.55. The topological polar surface area (TPSA) is 44.1 Å². The Morgan fingerprint density at radius 2 is 2.38 bits per heavy atom. The second-order valence-electron chi connectivity index (χ2n) is 3.10. The van der Waals surface area contributed by atoms with E-state index in [0.29, 0.717) is 6.54 Å². The Morgan fingerprint density at radius 3 is 3.00 bits per heavy atom. The summed E-state index contributed by atoms with van der Waals surface area (Å²) in [7, 11) is 1.30. The summed E-state index contributed by atoms with van der Waals surface area (Å²) < 4.78 is 18.8. The van der Waals surface area contributed by atoms with Crippen molar-refractivity contribution in [3.63, 3.8) is 0 Å². The average molecular weight is 240 g/mol. The number of rotatable bonds is 3. The van der Waals surface area contributed by atoms with Crippen molar-refractivity contribution in [2.75, 3.05) is 7.11 Å². The van der Waals surface area contributed by atoms with Gasteiger partial charge in [0.1, 0.15) is 0 Å². The molecule has 0 bridgehead atoms. The van der Waals surface area contributed by atoms with Crippen LogP contribution < -0.4 is 0 Å². The van der Waals surface area contributed by atoms with Gasteiger partial charge in [0.25, 0.3) is 0 Å². The fraction of sp³-hybridized carbons (Fsp3) is 0.200. The molecule has 0 unspecified atom stereocenters. The molecule has 2 heterocycles. The van der Waals surface area contributed by atoms with Crippen molar-refractivity contribution in [1.29, 1.82) is 0 Å². The van der Waals surface area contributed by atoms with E-state index in [-0.39, 0.29) is 10.8 Å². The van der Waals surface area contributed by atoms with E-state index in [1.807, 2.05) is 0 Å². The molecule has 0 amide bonds. The van der Waals surface area contributed by atoms with Gasteiger partial charge >= 0.3 is 5.97 Å². The molecule has 0 aliphatic rings. The number of hydrogen-bond acceptors (Lipinski definition) is 4. The van der Waals surface area contributed by atoms with Gasteiger partial charge in [-0.1, -0.05) is 0 Å². The summed E-state index contributed by atoms with van der Waals surface area (Å²) in [6, 6.07) is 4.67. The molecule has 0 N–H and O–H groups in total. The van der Waals surface area contributed by atoms with Crippen LogP contribution in [0.25, 0.3) is 0 Å². The van der Waals surface area contributed by atoms with Crippen molar-refractivity contribution in [2.45, 2.75) is 6.54 Å². The number of esters is 1. The highest BCUT2D eigenvalue weighted by molar-refractivity contribution is 7.10. The molecule has 0 atom stereocenters. The number of ether oxygens (including phenoxy) is 1. The van der Waals surface area contributed by atoms with Crippen molar-refractivity contribution in [3.8, 4) is 0 Å². The molecule has 16 heavy (non-hydrogen) atoms. The molecule has 6 heteroatoms. The number of methoxy groups -OCH3 is 1. The lowest BCUT2D eigenvalue weighted by Crippen LogP contribution is -2.05. The van der Waals surface area contributed by atoms with Gasteiger partial charge in [-0.3, -0.25) is 4.68 Å². The van der Waals surface area contributed by atoms with E-state index in [1.54, 1.807) is 23.0 Å². The molecule has 84 valence electrons. The first-order chi connectivity index (χ1) is 7.69. The van der Waals surface area contributed by atoms with Crippen LogP contribution in [0.5, 0.6) is 0 Å². The summed E-state index contributed by atoms with van der Waals surface area (Å²) in [6.45, 7) is 0.450. The van der Waals surface area contributed by atoms with Crippen LogP contribution in [0.15, 0.2) is 24.4 Å². The van der Waals surface area contributed by atoms with Crippen LogP contribution in [0.4, 0.5) is 4.39 Å². The third kappa shape index (κ3) is 2.27. The summed E-state index contributed by atoms with van der Waals surface area (Å²) in [6.07, 6.45) is 1.66. The van der Waals surface area contributed by atoms with Crippen molar-refractivity contribution in [3.05, 3.63) is 40.1 Å². The third-order valence-corrected chi connectivity index (χ3v) is 2.84. The summed E-state index contributed by atoms with van der Waals surface area (Å²) >= 11 is 1.06. The molecule has 0 saturated heterocycles. The number of carbonyl (C=O) groups is 1. The largest absolute Gasteiger partial charge is 0.464 e. The Morgan fingerprint density at radius 1 is 1.56 bits per heavy atom. The Labute approximate surface area is 95.3 Å². The summed E-state index contributed by atoms with van der Waals surface area (Å²) in [5.41, 5.74) is 0.250. The summed E-state index contributed by atoms with van der Waals surface area (Å²) in [5.74, 6) is -0.476. The highest BCUT2D eigenvalue weighted by atomic mass is 32.1. The van der Waals surface area contributed by atoms with Crippen molar-refractivity contribution in [2.24, 2.45) is 0 Å². The number of halogens is 1. The lowest BCUT2D eigenvalue weighted by molar-refractivity contribution is 0.0593. The molecule has 0 saturated carbocycles.